The van der Waals surface area contributed by atoms with E-state index in [2.05, 4.69) is 15.3 Å². The summed E-state index contributed by atoms with van der Waals surface area (Å²) in [7, 11) is 0. The van der Waals surface area contributed by atoms with Gasteiger partial charge in [-0.1, -0.05) is 24.2 Å². The maximum absolute atomic E-state index is 6.19. The molecule has 2 heterocycles. The van der Waals surface area contributed by atoms with Crippen molar-refractivity contribution in [1.82, 2.24) is 15.3 Å². The summed E-state index contributed by atoms with van der Waals surface area (Å²) in [5.41, 5.74) is 6.18. The summed E-state index contributed by atoms with van der Waals surface area (Å²) < 4.78 is 10.1. The molecule has 0 atom stereocenters. The van der Waals surface area contributed by atoms with Gasteiger partial charge in [0.25, 0.3) is 5.89 Å². The fraction of sp³-hybridized carbons (Fsp3) is 0.545. The molecule has 0 saturated carbocycles. The first-order valence-corrected chi connectivity index (χ1v) is 5.66. The predicted molar refractivity (Wildman–Crippen MR) is 61.0 cm³/mol. The van der Waals surface area contributed by atoms with Gasteiger partial charge in [-0.25, -0.2) is 0 Å². The molecule has 0 fully saturated rings. The molecule has 0 bridgehead atoms. The Kier molecular flexibility index (Phi) is 2.97. The van der Waals surface area contributed by atoms with E-state index in [1.807, 2.05) is 13.8 Å². The Morgan fingerprint density at radius 1 is 1.24 bits per heavy atom. The molecule has 0 aromatic carbocycles. The minimum absolute atomic E-state index is 0.341. The Hall–Kier alpha value is -1.69. The molecule has 0 amide bonds. The van der Waals surface area contributed by atoms with Crippen LogP contribution in [0.3, 0.4) is 0 Å². The van der Waals surface area contributed by atoms with E-state index >= 15 is 0 Å². The Morgan fingerprint density at radius 2 is 1.94 bits per heavy atom. The standard InChI is InChI=1S/C11H16N4O2/c1-4-11(12,5-2)10-13-9(17-15-10)8-6-7(3)16-14-8/h6H,4-5,12H2,1-3H3. The monoisotopic (exact) mass is 236 g/mol. The lowest BCUT2D eigenvalue weighted by Gasteiger charge is -2.21. The Balaban J connectivity index is 2.33. The highest BCUT2D eigenvalue weighted by Crippen LogP contribution is 2.25. The molecule has 17 heavy (non-hydrogen) atoms. The molecule has 0 saturated heterocycles. The number of hydrogen-bond donors (Lipinski definition) is 1. The summed E-state index contributed by atoms with van der Waals surface area (Å²) in [6, 6.07) is 1.74. The van der Waals surface area contributed by atoms with Crippen molar-refractivity contribution in [2.45, 2.75) is 39.2 Å². The van der Waals surface area contributed by atoms with Crippen molar-refractivity contribution in [2.24, 2.45) is 5.73 Å². The molecule has 2 aromatic heterocycles. The smallest absolute Gasteiger partial charge is 0.280 e. The zero-order valence-electron chi connectivity index (χ0n) is 10.2. The summed E-state index contributed by atoms with van der Waals surface area (Å²) in [6.07, 6.45) is 1.50. The van der Waals surface area contributed by atoms with Crippen LogP contribution in [0.25, 0.3) is 11.6 Å². The summed E-state index contributed by atoms with van der Waals surface area (Å²) in [6.45, 7) is 5.80. The normalized spacial score (nSPS) is 12.0. The Morgan fingerprint density at radius 3 is 2.47 bits per heavy atom. The third kappa shape index (κ3) is 2.08. The van der Waals surface area contributed by atoms with Crippen LogP contribution in [0, 0.1) is 6.92 Å². The SMILES string of the molecule is CCC(N)(CC)c1noc(-c2cc(C)on2)n1. The van der Waals surface area contributed by atoms with Gasteiger partial charge in [0.1, 0.15) is 5.76 Å². The lowest BCUT2D eigenvalue weighted by atomic mass is 9.93. The second-order valence-corrected chi connectivity index (χ2v) is 4.11. The molecule has 0 aliphatic carbocycles. The van der Waals surface area contributed by atoms with Crippen LogP contribution in [0.15, 0.2) is 15.1 Å². The van der Waals surface area contributed by atoms with Crippen molar-refractivity contribution in [1.29, 1.82) is 0 Å². The molecule has 0 radical (unpaired) electrons. The summed E-state index contributed by atoms with van der Waals surface area (Å²) >= 11 is 0. The van der Waals surface area contributed by atoms with Crippen LogP contribution in [0.1, 0.15) is 38.3 Å². The van der Waals surface area contributed by atoms with Crippen molar-refractivity contribution < 1.29 is 9.05 Å². The van der Waals surface area contributed by atoms with E-state index in [0.717, 1.165) is 12.8 Å². The first kappa shape index (κ1) is 11.8. The summed E-state index contributed by atoms with van der Waals surface area (Å²) in [5.74, 6) is 1.55. The Labute approximate surface area is 99.2 Å². The number of aryl methyl sites for hydroxylation is 1. The average molecular weight is 236 g/mol. The van der Waals surface area contributed by atoms with Gasteiger partial charge in [0.2, 0.25) is 0 Å². The van der Waals surface area contributed by atoms with Gasteiger partial charge in [-0.15, -0.1) is 0 Å². The van der Waals surface area contributed by atoms with E-state index in [-0.39, 0.29) is 0 Å². The molecule has 2 rings (SSSR count). The van der Waals surface area contributed by atoms with E-state index in [0.29, 0.717) is 23.2 Å². The van der Waals surface area contributed by atoms with Gasteiger partial charge in [0.05, 0.1) is 5.54 Å². The zero-order chi connectivity index (χ0) is 12.5. The van der Waals surface area contributed by atoms with Crippen LogP contribution in [-0.4, -0.2) is 15.3 Å². The van der Waals surface area contributed by atoms with E-state index in [4.69, 9.17) is 14.8 Å². The molecule has 2 N–H and O–H groups in total. The summed E-state index contributed by atoms with van der Waals surface area (Å²) in [5, 5.41) is 7.74. The minimum atomic E-state index is -0.541. The molecule has 0 aliphatic heterocycles. The van der Waals surface area contributed by atoms with Crippen molar-refractivity contribution in [2.75, 3.05) is 0 Å². The first-order chi connectivity index (χ1) is 8.09. The molecule has 0 aliphatic rings. The number of hydrogen-bond acceptors (Lipinski definition) is 6. The lowest BCUT2D eigenvalue weighted by molar-refractivity contribution is 0.348. The number of rotatable bonds is 4. The van der Waals surface area contributed by atoms with Gasteiger partial charge < -0.3 is 14.8 Å². The van der Waals surface area contributed by atoms with E-state index in [9.17, 15) is 0 Å². The van der Waals surface area contributed by atoms with Crippen LogP contribution >= 0.6 is 0 Å². The topological polar surface area (TPSA) is 91.0 Å². The molecule has 6 nitrogen and oxygen atoms in total. The highest BCUT2D eigenvalue weighted by molar-refractivity contribution is 5.45. The van der Waals surface area contributed by atoms with Crippen molar-refractivity contribution in [3.63, 3.8) is 0 Å². The Bertz CT molecular complexity index is 499. The molecule has 6 heteroatoms. The van der Waals surface area contributed by atoms with Gasteiger partial charge >= 0.3 is 0 Å². The van der Waals surface area contributed by atoms with Crippen molar-refractivity contribution in [3.8, 4) is 11.6 Å². The van der Waals surface area contributed by atoms with Crippen LogP contribution in [0.5, 0.6) is 0 Å². The van der Waals surface area contributed by atoms with Gasteiger partial charge in [-0.2, -0.15) is 4.98 Å². The minimum Gasteiger partial charge on any atom is -0.361 e. The second kappa shape index (κ2) is 4.29. The highest BCUT2D eigenvalue weighted by Gasteiger charge is 2.29. The number of nitrogens with two attached hydrogens (primary N) is 1. The third-order valence-corrected chi connectivity index (χ3v) is 2.98. The number of nitrogens with zero attached hydrogens (tertiary/aromatic N) is 3. The predicted octanol–water partition coefficient (Wildman–Crippen LogP) is 2.01. The van der Waals surface area contributed by atoms with Crippen LogP contribution in [0.4, 0.5) is 0 Å². The van der Waals surface area contributed by atoms with Gasteiger partial charge in [0, 0.05) is 6.07 Å². The van der Waals surface area contributed by atoms with Crippen LogP contribution < -0.4 is 5.73 Å². The van der Waals surface area contributed by atoms with Gasteiger partial charge in [-0.3, -0.25) is 0 Å². The fourth-order valence-corrected chi connectivity index (χ4v) is 1.56. The van der Waals surface area contributed by atoms with Crippen molar-refractivity contribution >= 4 is 0 Å². The second-order valence-electron chi connectivity index (χ2n) is 4.11. The van der Waals surface area contributed by atoms with E-state index < -0.39 is 5.54 Å². The van der Waals surface area contributed by atoms with Crippen molar-refractivity contribution in [3.05, 3.63) is 17.7 Å². The average Bonchev–Trinajstić information content (AvgIpc) is 2.96. The summed E-state index contributed by atoms with van der Waals surface area (Å²) in [4.78, 5) is 4.28. The van der Waals surface area contributed by atoms with Gasteiger partial charge in [-0.05, 0) is 19.8 Å². The maximum atomic E-state index is 6.19. The first-order valence-electron chi connectivity index (χ1n) is 5.66. The third-order valence-electron chi connectivity index (χ3n) is 2.98. The maximum Gasteiger partial charge on any atom is 0.280 e. The molecule has 92 valence electrons. The van der Waals surface area contributed by atoms with Crippen LogP contribution in [-0.2, 0) is 5.54 Å². The van der Waals surface area contributed by atoms with Gasteiger partial charge in [0.15, 0.2) is 11.5 Å². The lowest BCUT2D eigenvalue weighted by Crippen LogP contribution is -2.36. The van der Waals surface area contributed by atoms with E-state index in [1.165, 1.54) is 0 Å². The number of aromatic nitrogens is 3. The molecular weight excluding hydrogens is 220 g/mol. The fourth-order valence-electron chi connectivity index (χ4n) is 1.56. The molecule has 2 aromatic rings. The largest absolute Gasteiger partial charge is 0.361 e. The highest BCUT2D eigenvalue weighted by atomic mass is 16.5. The van der Waals surface area contributed by atoms with Crippen LogP contribution in [0.2, 0.25) is 0 Å². The molecule has 0 spiro atoms. The zero-order valence-corrected chi connectivity index (χ0v) is 10.2. The van der Waals surface area contributed by atoms with E-state index in [1.54, 1.807) is 13.0 Å². The molecule has 0 unspecified atom stereocenters. The quantitative estimate of drug-likeness (QED) is 0.873. The molecular formula is C11H16N4O2.